The van der Waals surface area contributed by atoms with E-state index in [1.165, 1.54) is 0 Å². The summed E-state index contributed by atoms with van der Waals surface area (Å²) < 4.78 is 0. The average Bonchev–Trinajstić information content (AvgIpc) is 2.30. The Balaban J connectivity index is 3.15. The fraction of sp³-hybridized carbons (Fsp3) is 0.533. The Morgan fingerprint density at radius 1 is 1.19 bits per heavy atom. The number of Topliss-reactive ketones (excluding diaryl/α,β-unsaturated/α-hetero) is 1. The summed E-state index contributed by atoms with van der Waals surface area (Å²) in [7, 11) is 0. The summed E-state index contributed by atoms with van der Waals surface area (Å²) in [4.78, 5) is 11.9. The molecule has 1 aromatic carbocycles. The molecule has 0 fully saturated rings. The Labute approximate surface area is 98.9 Å². The second-order valence-electron chi connectivity index (χ2n) is 4.82. The highest BCUT2D eigenvalue weighted by atomic mass is 16.1. The SMILES string of the molecule is CCC(C)(CC)[C@@H](C(C)=O)c1ccccc1. The summed E-state index contributed by atoms with van der Waals surface area (Å²) in [5.74, 6) is 0.307. The van der Waals surface area contributed by atoms with Crippen LogP contribution in [0.25, 0.3) is 0 Å². The number of carbonyl (C=O) groups is 1. The summed E-state index contributed by atoms with van der Waals surface area (Å²) in [5.41, 5.74) is 1.23. The number of rotatable bonds is 5. The molecule has 1 heteroatoms. The van der Waals surface area contributed by atoms with Crippen LogP contribution < -0.4 is 0 Å². The van der Waals surface area contributed by atoms with E-state index in [2.05, 4.69) is 32.9 Å². The van der Waals surface area contributed by atoms with E-state index in [1.807, 2.05) is 18.2 Å². The molecule has 0 heterocycles. The lowest BCUT2D eigenvalue weighted by Crippen LogP contribution is -2.29. The number of ketones is 1. The van der Waals surface area contributed by atoms with E-state index in [0.29, 0.717) is 0 Å². The van der Waals surface area contributed by atoms with Crippen LogP contribution in [0, 0.1) is 5.41 Å². The van der Waals surface area contributed by atoms with E-state index >= 15 is 0 Å². The van der Waals surface area contributed by atoms with E-state index in [-0.39, 0.29) is 17.1 Å². The summed E-state index contributed by atoms with van der Waals surface area (Å²) in [5, 5.41) is 0. The van der Waals surface area contributed by atoms with Crippen molar-refractivity contribution in [3.63, 3.8) is 0 Å². The van der Waals surface area contributed by atoms with Crippen LogP contribution in [0.4, 0.5) is 0 Å². The fourth-order valence-corrected chi connectivity index (χ4v) is 2.43. The van der Waals surface area contributed by atoms with Gasteiger partial charge in [0.1, 0.15) is 5.78 Å². The van der Waals surface area contributed by atoms with Crippen molar-refractivity contribution < 1.29 is 4.79 Å². The summed E-state index contributed by atoms with van der Waals surface area (Å²) >= 11 is 0. The monoisotopic (exact) mass is 218 g/mol. The van der Waals surface area contributed by atoms with Gasteiger partial charge in [0.2, 0.25) is 0 Å². The molecule has 0 radical (unpaired) electrons. The quantitative estimate of drug-likeness (QED) is 0.724. The summed E-state index contributed by atoms with van der Waals surface area (Å²) in [6, 6.07) is 10.1. The lowest BCUT2D eigenvalue weighted by Gasteiger charge is -2.35. The van der Waals surface area contributed by atoms with Crippen LogP contribution >= 0.6 is 0 Å². The van der Waals surface area contributed by atoms with Crippen LogP contribution in [0.5, 0.6) is 0 Å². The van der Waals surface area contributed by atoms with Gasteiger partial charge in [-0.3, -0.25) is 4.79 Å². The van der Waals surface area contributed by atoms with Crippen molar-refractivity contribution in [2.45, 2.75) is 46.5 Å². The summed E-state index contributed by atoms with van der Waals surface area (Å²) in [6.07, 6.45) is 2.06. The van der Waals surface area contributed by atoms with Crippen molar-refractivity contribution in [3.05, 3.63) is 35.9 Å². The van der Waals surface area contributed by atoms with Crippen LogP contribution in [-0.2, 0) is 4.79 Å². The first-order valence-electron chi connectivity index (χ1n) is 6.10. The van der Waals surface area contributed by atoms with Gasteiger partial charge in [0.25, 0.3) is 0 Å². The maximum atomic E-state index is 11.9. The van der Waals surface area contributed by atoms with Gasteiger partial charge in [-0.25, -0.2) is 0 Å². The molecule has 0 aliphatic carbocycles. The highest BCUT2D eigenvalue weighted by Crippen LogP contribution is 2.41. The third-order valence-corrected chi connectivity index (χ3v) is 3.85. The van der Waals surface area contributed by atoms with Crippen molar-refractivity contribution in [1.29, 1.82) is 0 Å². The van der Waals surface area contributed by atoms with E-state index < -0.39 is 0 Å². The predicted molar refractivity (Wildman–Crippen MR) is 68.6 cm³/mol. The fourth-order valence-electron chi connectivity index (χ4n) is 2.43. The molecule has 0 aliphatic rings. The molecule has 0 saturated heterocycles. The maximum absolute atomic E-state index is 11.9. The molecule has 0 N–H and O–H groups in total. The second-order valence-corrected chi connectivity index (χ2v) is 4.82. The Bertz CT molecular complexity index is 336. The van der Waals surface area contributed by atoms with Crippen molar-refractivity contribution in [3.8, 4) is 0 Å². The zero-order valence-electron chi connectivity index (χ0n) is 10.8. The second kappa shape index (κ2) is 5.29. The average molecular weight is 218 g/mol. The van der Waals surface area contributed by atoms with Crippen LogP contribution in [0.15, 0.2) is 30.3 Å². The minimum Gasteiger partial charge on any atom is -0.299 e. The van der Waals surface area contributed by atoms with Crippen molar-refractivity contribution in [2.24, 2.45) is 5.41 Å². The number of hydrogen-bond donors (Lipinski definition) is 0. The molecule has 0 spiro atoms. The van der Waals surface area contributed by atoms with E-state index in [1.54, 1.807) is 6.92 Å². The Kier molecular flexibility index (Phi) is 4.28. The van der Waals surface area contributed by atoms with Gasteiger partial charge >= 0.3 is 0 Å². The molecular weight excluding hydrogens is 196 g/mol. The lowest BCUT2D eigenvalue weighted by molar-refractivity contribution is -0.121. The number of hydrogen-bond acceptors (Lipinski definition) is 1. The molecule has 0 aromatic heterocycles. The topological polar surface area (TPSA) is 17.1 Å². The standard InChI is InChI=1S/C15H22O/c1-5-15(4,6-2)14(12(3)16)13-10-8-7-9-11-13/h7-11,14H,5-6H2,1-4H3/t14-/m0/s1. The van der Waals surface area contributed by atoms with Crippen LogP contribution in [0.3, 0.4) is 0 Å². The van der Waals surface area contributed by atoms with E-state index in [0.717, 1.165) is 18.4 Å². The van der Waals surface area contributed by atoms with Gasteiger partial charge in [0.15, 0.2) is 0 Å². The van der Waals surface area contributed by atoms with Gasteiger partial charge in [-0.05, 0) is 30.7 Å². The van der Waals surface area contributed by atoms with Crippen LogP contribution in [0.1, 0.15) is 52.0 Å². The molecule has 16 heavy (non-hydrogen) atoms. The van der Waals surface area contributed by atoms with Gasteiger partial charge < -0.3 is 0 Å². The molecule has 1 rings (SSSR count). The molecule has 1 nitrogen and oxygen atoms in total. The minimum absolute atomic E-state index is 0.0312. The first-order valence-corrected chi connectivity index (χ1v) is 6.10. The highest BCUT2D eigenvalue weighted by molar-refractivity contribution is 5.84. The Hall–Kier alpha value is -1.11. The maximum Gasteiger partial charge on any atom is 0.137 e. The molecule has 88 valence electrons. The zero-order valence-corrected chi connectivity index (χ0v) is 10.8. The van der Waals surface area contributed by atoms with Gasteiger partial charge in [-0.2, -0.15) is 0 Å². The van der Waals surface area contributed by atoms with E-state index in [4.69, 9.17) is 0 Å². The lowest BCUT2D eigenvalue weighted by atomic mass is 9.68. The molecule has 0 aliphatic heterocycles. The van der Waals surface area contributed by atoms with Gasteiger partial charge in [-0.15, -0.1) is 0 Å². The largest absolute Gasteiger partial charge is 0.299 e. The van der Waals surface area contributed by atoms with Crippen LogP contribution in [-0.4, -0.2) is 5.78 Å². The van der Waals surface area contributed by atoms with Crippen LogP contribution in [0.2, 0.25) is 0 Å². The molecule has 0 amide bonds. The van der Waals surface area contributed by atoms with Crippen molar-refractivity contribution >= 4 is 5.78 Å². The van der Waals surface area contributed by atoms with Crippen molar-refractivity contribution in [2.75, 3.05) is 0 Å². The molecule has 1 aromatic rings. The highest BCUT2D eigenvalue weighted by Gasteiger charge is 2.35. The molecule has 0 bridgehead atoms. The molecule has 1 atom stereocenters. The minimum atomic E-state index is 0.0312. The Morgan fingerprint density at radius 3 is 2.06 bits per heavy atom. The van der Waals surface area contributed by atoms with Crippen molar-refractivity contribution in [1.82, 2.24) is 0 Å². The first-order chi connectivity index (χ1) is 7.55. The first kappa shape index (κ1) is 13.0. The van der Waals surface area contributed by atoms with E-state index in [9.17, 15) is 4.79 Å². The number of carbonyl (C=O) groups excluding carboxylic acids is 1. The molecule has 0 saturated carbocycles. The molecular formula is C15H22O. The van der Waals surface area contributed by atoms with Gasteiger partial charge in [0, 0.05) is 5.92 Å². The normalized spacial score (nSPS) is 13.5. The van der Waals surface area contributed by atoms with Gasteiger partial charge in [-0.1, -0.05) is 51.1 Å². The smallest absolute Gasteiger partial charge is 0.137 e. The zero-order chi connectivity index (χ0) is 12.2. The predicted octanol–water partition coefficient (Wildman–Crippen LogP) is 4.19. The molecule has 0 unspecified atom stereocenters. The summed E-state index contributed by atoms with van der Waals surface area (Å²) in [6.45, 7) is 8.26. The van der Waals surface area contributed by atoms with Gasteiger partial charge in [0.05, 0.1) is 0 Å². The third-order valence-electron chi connectivity index (χ3n) is 3.85. The number of benzene rings is 1. The Morgan fingerprint density at radius 2 is 1.69 bits per heavy atom. The third kappa shape index (κ3) is 2.52.